The largest absolute Gasteiger partial charge is 0.444 e. The number of nitrogens with zero attached hydrogens (tertiary/aromatic N) is 2. The Labute approximate surface area is 110 Å². The molecule has 0 saturated carbocycles. The quantitative estimate of drug-likeness (QED) is 0.720. The molecule has 0 radical (unpaired) electrons. The number of rotatable bonds is 1. The first kappa shape index (κ1) is 13.7. The summed E-state index contributed by atoms with van der Waals surface area (Å²) in [5.74, 6) is 0. The standard InChI is InChI=1S/C14H26N2O2/c1-13(2,3)18-12(17)15-10-6-14(4,7-11-15)16-8-5-9-16/h5-11H2,1-4H3. The summed E-state index contributed by atoms with van der Waals surface area (Å²) in [5.41, 5.74) is -0.0912. The van der Waals surface area contributed by atoms with Crippen molar-refractivity contribution in [1.82, 2.24) is 9.80 Å². The average Bonchev–Trinajstić information content (AvgIpc) is 2.12. The van der Waals surface area contributed by atoms with Gasteiger partial charge in [-0.1, -0.05) is 0 Å². The zero-order valence-corrected chi connectivity index (χ0v) is 12.2. The predicted molar refractivity (Wildman–Crippen MR) is 71.6 cm³/mol. The topological polar surface area (TPSA) is 32.8 Å². The summed E-state index contributed by atoms with van der Waals surface area (Å²) in [5, 5.41) is 0. The monoisotopic (exact) mass is 254 g/mol. The molecule has 2 aliphatic heterocycles. The van der Waals surface area contributed by atoms with Gasteiger partial charge in [0.2, 0.25) is 0 Å². The van der Waals surface area contributed by atoms with Gasteiger partial charge in [-0.05, 0) is 60.0 Å². The normalized spacial score (nSPS) is 24.6. The smallest absolute Gasteiger partial charge is 0.410 e. The second-order valence-electron chi connectivity index (χ2n) is 6.80. The van der Waals surface area contributed by atoms with Crippen LogP contribution in [0.5, 0.6) is 0 Å². The Balaban J connectivity index is 1.84. The lowest BCUT2D eigenvalue weighted by molar-refractivity contribution is -0.0204. The maximum Gasteiger partial charge on any atom is 0.410 e. The van der Waals surface area contributed by atoms with Crippen molar-refractivity contribution >= 4 is 6.09 Å². The lowest BCUT2D eigenvalue weighted by Gasteiger charge is -2.50. The molecule has 0 aliphatic carbocycles. The molecule has 0 aromatic heterocycles. The molecule has 0 unspecified atom stereocenters. The molecule has 2 aliphatic rings. The third-order valence-electron chi connectivity index (χ3n) is 4.11. The summed E-state index contributed by atoms with van der Waals surface area (Å²) in [6.07, 6.45) is 3.29. The average molecular weight is 254 g/mol. The van der Waals surface area contributed by atoms with E-state index in [1.807, 2.05) is 25.7 Å². The van der Waals surface area contributed by atoms with Crippen molar-refractivity contribution in [2.45, 2.75) is 58.1 Å². The molecular weight excluding hydrogens is 228 g/mol. The van der Waals surface area contributed by atoms with Crippen LogP contribution in [-0.2, 0) is 4.74 Å². The first-order valence-corrected chi connectivity index (χ1v) is 7.03. The highest BCUT2D eigenvalue weighted by atomic mass is 16.6. The first-order valence-electron chi connectivity index (χ1n) is 7.03. The van der Waals surface area contributed by atoms with Gasteiger partial charge in [0.25, 0.3) is 0 Å². The molecule has 4 nitrogen and oxygen atoms in total. The predicted octanol–water partition coefficient (Wildman–Crippen LogP) is 2.48. The molecule has 0 N–H and O–H groups in total. The van der Waals surface area contributed by atoms with Crippen molar-refractivity contribution in [1.29, 1.82) is 0 Å². The van der Waals surface area contributed by atoms with E-state index in [-0.39, 0.29) is 6.09 Å². The molecule has 2 heterocycles. The summed E-state index contributed by atoms with van der Waals surface area (Å²) < 4.78 is 5.42. The van der Waals surface area contributed by atoms with E-state index < -0.39 is 5.60 Å². The van der Waals surface area contributed by atoms with Gasteiger partial charge in [0.15, 0.2) is 0 Å². The minimum atomic E-state index is -0.394. The molecule has 2 rings (SSSR count). The van der Waals surface area contributed by atoms with E-state index in [4.69, 9.17) is 4.74 Å². The molecule has 4 heteroatoms. The highest BCUT2D eigenvalue weighted by Crippen LogP contribution is 2.32. The molecule has 18 heavy (non-hydrogen) atoms. The molecule has 0 aromatic rings. The van der Waals surface area contributed by atoms with Gasteiger partial charge >= 0.3 is 6.09 Å². The lowest BCUT2D eigenvalue weighted by Crippen LogP contribution is -2.59. The lowest BCUT2D eigenvalue weighted by atomic mass is 9.85. The third-order valence-corrected chi connectivity index (χ3v) is 4.11. The summed E-state index contributed by atoms with van der Waals surface area (Å²) in [7, 11) is 0. The van der Waals surface area contributed by atoms with Crippen LogP contribution in [0.25, 0.3) is 0 Å². The second-order valence-corrected chi connectivity index (χ2v) is 6.80. The van der Waals surface area contributed by atoms with E-state index in [0.717, 1.165) is 25.9 Å². The van der Waals surface area contributed by atoms with Crippen molar-refractivity contribution in [3.05, 3.63) is 0 Å². The number of amides is 1. The van der Waals surface area contributed by atoms with Crippen LogP contribution in [-0.4, -0.2) is 53.2 Å². The summed E-state index contributed by atoms with van der Waals surface area (Å²) in [4.78, 5) is 16.4. The number of carbonyl (C=O) groups excluding carboxylic acids is 1. The van der Waals surface area contributed by atoms with Crippen molar-refractivity contribution in [2.75, 3.05) is 26.2 Å². The second kappa shape index (κ2) is 4.72. The zero-order valence-electron chi connectivity index (χ0n) is 12.2. The van der Waals surface area contributed by atoms with E-state index in [0.29, 0.717) is 5.54 Å². The van der Waals surface area contributed by atoms with Crippen molar-refractivity contribution in [3.63, 3.8) is 0 Å². The van der Waals surface area contributed by atoms with Crippen LogP contribution in [0.3, 0.4) is 0 Å². The van der Waals surface area contributed by atoms with Crippen LogP contribution in [0.1, 0.15) is 47.0 Å². The van der Waals surface area contributed by atoms with E-state index in [1.165, 1.54) is 19.5 Å². The highest BCUT2D eigenvalue weighted by molar-refractivity contribution is 5.68. The highest BCUT2D eigenvalue weighted by Gasteiger charge is 2.39. The van der Waals surface area contributed by atoms with E-state index in [1.54, 1.807) is 0 Å². The Hall–Kier alpha value is -0.770. The van der Waals surface area contributed by atoms with Gasteiger partial charge in [0, 0.05) is 18.6 Å². The number of carbonyl (C=O) groups is 1. The third kappa shape index (κ3) is 2.97. The van der Waals surface area contributed by atoms with E-state index >= 15 is 0 Å². The molecule has 2 fully saturated rings. The number of ether oxygens (including phenoxy) is 1. The Morgan fingerprint density at radius 1 is 1.11 bits per heavy atom. The van der Waals surface area contributed by atoms with Crippen LogP contribution in [0.2, 0.25) is 0 Å². The first-order chi connectivity index (χ1) is 8.30. The molecule has 2 saturated heterocycles. The van der Waals surface area contributed by atoms with Gasteiger partial charge in [-0.15, -0.1) is 0 Å². The van der Waals surface area contributed by atoms with Gasteiger partial charge < -0.3 is 9.64 Å². The van der Waals surface area contributed by atoms with Gasteiger partial charge in [-0.3, -0.25) is 4.90 Å². The molecule has 104 valence electrons. The Morgan fingerprint density at radius 2 is 1.67 bits per heavy atom. The Bertz CT molecular complexity index is 310. The minimum Gasteiger partial charge on any atom is -0.444 e. The molecule has 1 amide bonds. The maximum absolute atomic E-state index is 12.0. The van der Waals surface area contributed by atoms with Crippen LogP contribution in [0.15, 0.2) is 0 Å². The molecule has 0 atom stereocenters. The number of hydrogen-bond acceptors (Lipinski definition) is 3. The molecular formula is C14H26N2O2. The van der Waals surface area contributed by atoms with Gasteiger partial charge in [0.1, 0.15) is 5.60 Å². The molecule has 0 aromatic carbocycles. The van der Waals surface area contributed by atoms with Crippen LogP contribution in [0, 0.1) is 0 Å². The fourth-order valence-electron chi connectivity index (χ4n) is 2.67. The SMILES string of the molecule is CC(C)(C)OC(=O)N1CCC(C)(N2CCC2)CC1. The van der Waals surface area contributed by atoms with E-state index in [2.05, 4.69) is 11.8 Å². The number of likely N-dealkylation sites (tertiary alicyclic amines) is 2. The van der Waals surface area contributed by atoms with Crippen molar-refractivity contribution in [2.24, 2.45) is 0 Å². The number of hydrogen-bond donors (Lipinski definition) is 0. The van der Waals surface area contributed by atoms with Crippen molar-refractivity contribution in [3.8, 4) is 0 Å². The minimum absolute atomic E-state index is 0.159. The summed E-state index contributed by atoms with van der Waals surface area (Å²) in [6.45, 7) is 12.2. The maximum atomic E-state index is 12.0. The fourth-order valence-corrected chi connectivity index (χ4v) is 2.67. The van der Waals surface area contributed by atoms with Crippen LogP contribution in [0.4, 0.5) is 4.79 Å². The zero-order chi connectivity index (χ0) is 13.4. The summed E-state index contributed by atoms with van der Waals surface area (Å²) in [6, 6.07) is 0. The summed E-state index contributed by atoms with van der Waals surface area (Å²) >= 11 is 0. The fraction of sp³-hybridized carbons (Fsp3) is 0.929. The van der Waals surface area contributed by atoms with Gasteiger partial charge in [-0.25, -0.2) is 4.79 Å². The Morgan fingerprint density at radius 3 is 2.06 bits per heavy atom. The molecule has 0 bridgehead atoms. The molecule has 0 spiro atoms. The van der Waals surface area contributed by atoms with Crippen LogP contribution >= 0.6 is 0 Å². The van der Waals surface area contributed by atoms with Crippen LogP contribution < -0.4 is 0 Å². The van der Waals surface area contributed by atoms with Gasteiger partial charge in [-0.2, -0.15) is 0 Å². The Kier molecular flexibility index (Phi) is 3.58. The van der Waals surface area contributed by atoms with Crippen molar-refractivity contribution < 1.29 is 9.53 Å². The van der Waals surface area contributed by atoms with E-state index in [9.17, 15) is 4.79 Å². The van der Waals surface area contributed by atoms with Gasteiger partial charge in [0.05, 0.1) is 0 Å². The number of piperidine rings is 1.